The van der Waals surface area contributed by atoms with Crippen LogP contribution >= 0.6 is 0 Å². The molecule has 2 aromatic rings. The van der Waals surface area contributed by atoms with Crippen LogP contribution in [0, 0.1) is 29.6 Å². The molecule has 3 rings (SSSR count). The SMILES string of the molecule is Cc1cc(=C(C#N)C#N)c2c(n1)-c1ccccc1C=2. The summed E-state index contributed by atoms with van der Waals surface area (Å²) in [5, 5.41) is 19.7. The summed E-state index contributed by atoms with van der Waals surface area (Å²) < 4.78 is 0. The maximum atomic E-state index is 9.07. The minimum atomic E-state index is 0.130. The van der Waals surface area contributed by atoms with Gasteiger partial charge in [-0.3, -0.25) is 4.98 Å². The predicted octanol–water partition coefficient (Wildman–Crippen LogP) is 1.40. The first-order chi connectivity index (χ1) is 9.24. The topological polar surface area (TPSA) is 60.5 Å². The molecular formula is C16H9N3. The highest BCUT2D eigenvalue weighted by Crippen LogP contribution is 2.23. The van der Waals surface area contributed by atoms with E-state index in [0.717, 1.165) is 27.7 Å². The summed E-state index contributed by atoms with van der Waals surface area (Å²) >= 11 is 0. The average molecular weight is 243 g/mol. The number of fused-ring (bicyclic) bond motifs is 3. The van der Waals surface area contributed by atoms with Crippen molar-refractivity contribution in [2.75, 3.05) is 0 Å². The lowest BCUT2D eigenvalue weighted by Gasteiger charge is -2.01. The fourth-order valence-corrected chi connectivity index (χ4v) is 2.38. The minimum absolute atomic E-state index is 0.130. The molecule has 0 N–H and O–H groups in total. The summed E-state index contributed by atoms with van der Waals surface area (Å²) in [5.41, 5.74) is 3.92. The monoisotopic (exact) mass is 243 g/mol. The van der Waals surface area contributed by atoms with E-state index in [1.54, 1.807) is 6.07 Å². The lowest BCUT2D eigenvalue weighted by atomic mass is 10.1. The van der Waals surface area contributed by atoms with Crippen LogP contribution in [-0.2, 0) is 0 Å². The highest BCUT2D eigenvalue weighted by Gasteiger charge is 2.15. The third-order valence-corrected chi connectivity index (χ3v) is 3.20. The molecule has 0 atom stereocenters. The Kier molecular flexibility index (Phi) is 2.41. The van der Waals surface area contributed by atoms with Crippen molar-refractivity contribution in [1.29, 1.82) is 10.5 Å². The predicted molar refractivity (Wildman–Crippen MR) is 71.9 cm³/mol. The number of nitriles is 2. The number of pyridine rings is 1. The van der Waals surface area contributed by atoms with E-state index in [9.17, 15) is 0 Å². The van der Waals surface area contributed by atoms with Gasteiger partial charge in [0.2, 0.25) is 0 Å². The van der Waals surface area contributed by atoms with Crippen LogP contribution < -0.4 is 10.4 Å². The zero-order valence-electron chi connectivity index (χ0n) is 10.3. The van der Waals surface area contributed by atoms with Crippen molar-refractivity contribution < 1.29 is 0 Å². The van der Waals surface area contributed by atoms with Crippen molar-refractivity contribution in [1.82, 2.24) is 4.98 Å². The first-order valence-electron chi connectivity index (χ1n) is 5.88. The molecule has 3 heteroatoms. The van der Waals surface area contributed by atoms with E-state index in [1.807, 2.05) is 49.4 Å². The van der Waals surface area contributed by atoms with E-state index in [0.29, 0.717) is 5.22 Å². The Morgan fingerprint density at radius 2 is 1.89 bits per heavy atom. The number of hydrogen-bond acceptors (Lipinski definition) is 3. The first kappa shape index (κ1) is 11.2. The van der Waals surface area contributed by atoms with Gasteiger partial charge in [0.25, 0.3) is 0 Å². The van der Waals surface area contributed by atoms with E-state index in [4.69, 9.17) is 10.5 Å². The van der Waals surface area contributed by atoms with Crippen molar-refractivity contribution in [3.05, 3.63) is 52.0 Å². The van der Waals surface area contributed by atoms with Crippen LogP contribution in [0.5, 0.6) is 0 Å². The zero-order chi connectivity index (χ0) is 13.4. The molecule has 88 valence electrons. The van der Waals surface area contributed by atoms with Crippen molar-refractivity contribution >= 4 is 11.6 Å². The third kappa shape index (κ3) is 1.61. The van der Waals surface area contributed by atoms with Crippen LogP contribution in [0.1, 0.15) is 11.3 Å². The van der Waals surface area contributed by atoms with Crippen LogP contribution in [0.3, 0.4) is 0 Å². The summed E-state index contributed by atoms with van der Waals surface area (Å²) in [6, 6.07) is 13.7. The highest BCUT2D eigenvalue weighted by atomic mass is 14.7. The van der Waals surface area contributed by atoms with Crippen molar-refractivity contribution in [2.24, 2.45) is 0 Å². The Morgan fingerprint density at radius 1 is 1.16 bits per heavy atom. The normalized spacial score (nSPS) is 10.7. The molecule has 0 spiro atoms. The number of aromatic nitrogens is 1. The average Bonchev–Trinajstić information content (AvgIpc) is 2.79. The van der Waals surface area contributed by atoms with Gasteiger partial charge in [-0.15, -0.1) is 0 Å². The van der Waals surface area contributed by atoms with E-state index in [2.05, 4.69) is 4.98 Å². The van der Waals surface area contributed by atoms with Gasteiger partial charge in [-0.25, -0.2) is 0 Å². The van der Waals surface area contributed by atoms with Gasteiger partial charge in [0.05, 0.1) is 5.69 Å². The van der Waals surface area contributed by atoms with Crippen molar-refractivity contribution in [3.63, 3.8) is 0 Å². The van der Waals surface area contributed by atoms with E-state index < -0.39 is 0 Å². The number of nitrogens with zero attached hydrogens (tertiary/aromatic N) is 3. The summed E-state index contributed by atoms with van der Waals surface area (Å²) in [4.78, 5) is 4.54. The van der Waals surface area contributed by atoms with Gasteiger partial charge in [0.1, 0.15) is 17.7 Å². The number of hydrogen-bond donors (Lipinski definition) is 0. The summed E-state index contributed by atoms with van der Waals surface area (Å²) in [7, 11) is 0. The molecule has 1 heterocycles. The molecule has 0 saturated heterocycles. The number of rotatable bonds is 0. The molecule has 19 heavy (non-hydrogen) atoms. The Labute approximate surface area is 110 Å². The zero-order valence-corrected chi connectivity index (χ0v) is 10.3. The Balaban J connectivity index is 2.54. The Hall–Kier alpha value is -2.91. The smallest absolute Gasteiger partial charge is 0.137 e. The first-order valence-corrected chi connectivity index (χ1v) is 5.88. The number of aryl methyl sites for hydroxylation is 1. The van der Waals surface area contributed by atoms with Gasteiger partial charge >= 0.3 is 0 Å². The maximum absolute atomic E-state index is 9.07. The molecular weight excluding hydrogens is 234 g/mol. The quantitative estimate of drug-likeness (QED) is 0.599. The standard InChI is InChI=1S/C16H9N3/c1-10-6-14(12(8-17)9-18)15-7-11-4-2-3-5-13(11)16(15)19-10/h2-7H,1H3. The third-order valence-electron chi connectivity index (χ3n) is 3.20. The van der Waals surface area contributed by atoms with Crippen molar-refractivity contribution in [3.8, 4) is 23.4 Å². The number of benzene rings is 1. The van der Waals surface area contributed by atoms with Crippen LogP contribution in [0.4, 0.5) is 0 Å². The summed E-state index contributed by atoms with van der Waals surface area (Å²) in [6.07, 6.45) is 1.99. The largest absolute Gasteiger partial charge is 0.252 e. The molecule has 1 aliphatic rings. The summed E-state index contributed by atoms with van der Waals surface area (Å²) in [6.45, 7) is 1.87. The van der Waals surface area contributed by atoms with Crippen LogP contribution in [0.15, 0.2) is 30.3 Å². The van der Waals surface area contributed by atoms with Gasteiger partial charge in [-0.1, -0.05) is 24.3 Å². The van der Waals surface area contributed by atoms with Gasteiger partial charge in [0, 0.05) is 21.7 Å². The molecule has 0 amide bonds. The van der Waals surface area contributed by atoms with Crippen LogP contribution in [0.25, 0.3) is 22.9 Å². The lowest BCUT2D eigenvalue weighted by molar-refractivity contribution is 1.18. The lowest BCUT2D eigenvalue weighted by Crippen LogP contribution is -2.28. The molecule has 1 aromatic carbocycles. The van der Waals surface area contributed by atoms with Gasteiger partial charge < -0.3 is 0 Å². The highest BCUT2D eigenvalue weighted by molar-refractivity contribution is 5.83. The van der Waals surface area contributed by atoms with E-state index in [1.165, 1.54) is 0 Å². The van der Waals surface area contributed by atoms with E-state index in [-0.39, 0.29) is 5.57 Å². The fraction of sp³-hybridized carbons (Fsp3) is 0.0625. The molecule has 0 unspecified atom stereocenters. The fourth-order valence-electron chi connectivity index (χ4n) is 2.38. The van der Waals surface area contributed by atoms with Crippen LogP contribution in [0.2, 0.25) is 0 Å². The second-order valence-electron chi connectivity index (χ2n) is 4.40. The second kappa shape index (κ2) is 4.08. The maximum Gasteiger partial charge on any atom is 0.137 e. The summed E-state index contributed by atoms with van der Waals surface area (Å²) in [5.74, 6) is 0. The molecule has 0 radical (unpaired) electrons. The van der Waals surface area contributed by atoms with E-state index >= 15 is 0 Å². The Bertz CT molecular complexity index is 877. The molecule has 0 fully saturated rings. The molecule has 3 nitrogen and oxygen atoms in total. The van der Waals surface area contributed by atoms with Crippen LogP contribution in [-0.4, -0.2) is 4.98 Å². The minimum Gasteiger partial charge on any atom is -0.252 e. The second-order valence-corrected chi connectivity index (χ2v) is 4.40. The molecule has 0 aliphatic heterocycles. The van der Waals surface area contributed by atoms with Gasteiger partial charge in [-0.2, -0.15) is 10.5 Å². The van der Waals surface area contributed by atoms with Gasteiger partial charge in [-0.05, 0) is 24.6 Å². The van der Waals surface area contributed by atoms with Crippen molar-refractivity contribution in [2.45, 2.75) is 6.92 Å². The molecule has 1 aliphatic carbocycles. The Morgan fingerprint density at radius 3 is 2.63 bits per heavy atom. The molecule has 1 aromatic heterocycles. The molecule has 0 bridgehead atoms. The van der Waals surface area contributed by atoms with Gasteiger partial charge in [0.15, 0.2) is 0 Å². The molecule has 0 saturated carbocycles.